The van der Waals surface area contributed by atoms with Gasteiger partial charge in [0, 0.05) is 36.8 Å². The summed E-state index contributed by atoms with van der Waals surface area (Å²) in [6, 6.07) is 9.20. The van der Waals surface area contributed by atoms with Crippen LogP contribution in [-0.2, 0) is 22.6 Å². The quantitative estimate of drug-likeness (QED) is 0.722. The number of anilines is 1. The molecule has 2 amide bonds. The van der Waals surface area contributed by atoms with Gasteiger partial charge in [-0.2, -0.15) is 0 Å². The van der Waals surface area contributed by atoms with Crippen molar-refractivity contribution in [1.29, 1.82) is 0 Å². The third-order valence-corrected chi connectivity index (χ3v) is 4.56. The van der Waals surface area contributed by atoms with Gasteiger partial charge in [-0.15, -0.1) is 0 Å². The number of carbonyl (C=O) groups is 2. The van der Waals surface area contributed by atoms with E-state index in [1.807, 2.05) is 6.07 Å². The maximum atomic E-state index is 13.4. The van der Waals surface area contributed by atoms with E-state index in [0.717, 1.165) is 23.8 Å². The van der Waals surface area contributed by atoms with Crippen LogP contribution in [0.3, 0.4) is 0 Å². The number of rotatable bonds is 6. The van der Waals surface area contributed by atoms with E-state index in [0.29, 0.717) is 24.3 Å². The van der Waals surface area contributed by atoms with Crippen LogP contribution in [0.1, 0.15) is 17.5 Å². The number of nitrogens with one attached hydrogen (secondary N) is 1. The van der Waals surface area contributed by atoms with Gasteiger partial charge < -0.3 is 20.1 Å². The highest BCUT2D eigenvalue weighted by Crippen LogP contribution is 2.29. The van der Waals surface area contributed by atoms with E-state index in [1.54, 1.807) is 12.1 Å². The van der Waals surface area contributed by atoms with E-state index in [4.69, 9.17) is 21.4 Å². The first-order valence-electron chi connectivity index (χ1n) is 8.89. The van der Waals surface area contributed by atoms with Gasteiger partial charge in [0.05, 0.1) is 6.61 Å². The van der Waals surface area contributed by atoms with Gasteiger partial charge in [0.2, 0.25) is 0 Å². The van der Waals surface area contributed by atoms with Crippen molar-refractivity contribution in [1.82, 2.24) is 5.32 Å². The summed E-state index contributed by atoms with van der Waals surface area (Å²) in [4.78, 5) is 26.4. The number of hydrogen-bond acceptors (Lipinski definition) is 4. The van der Waals surface area contributed by atoms with Gasteiger partial charge in [-0.05, 0) is 53.9 Å². The first-order valence-corrected chi connectivity index (χ1v) is 9.27. The lowest BCUT2D eigenvalue weighted by Gasteiger charge is -2.22. The Morgan fingerprint density at radius 2 is 2.07 bits per heavy atom. The Bertz CT molecular complexity index is 870. The van der Waals surface area contributed by atoms with Crippen LogP contribution in [-0.4, -0.2) is 36.7 Å². The summed E-state index contributed by atoms with van der Waals surface area (Å²) >= 11 is 5.80. The highest BCUT2D eigenvalue weighted by Gasteiger charge is 2.24. The van der Waals surface area contributed by atoms with E-state index in [9.17, 15) is 14.0 Å². The molecule has 2 N–H and O–H groups in total. The fraction of sp³-hybridized carbons (Fsp3) is 0.300. The molecule has 0 bridgehead atoms. The molecule has 2 aromatic carbocycles. The molecule has 0 fully saturated rings. The molecule has 0 atom stereocenters. The molecule has 148 valence electrons. The number of aliphatic hydroxyl groups excluding tert-OH is 1. The molecule has 1 aliphatic heterocycles. The van der Waals surface area contributed by atoms with E-state index in [-0.39, 0.29) is 24.7 Å². The summed E-state index contributed by atoms with van der Waals surface area (Å²) in [5.41, 5.74) is 1.98. The summed E-state index contributed by atoms with van der Waals surface area (Å²) < 4.78 is 18.9. The molecular formula is C20H20ClFN2O4. The first-order chi connectivity index (χ1) is 13.5. The van der Waals surface area contributed by atoms with Crippen LogP contribution in [0.4, 0.5) is 10.1 Å². The minimum Gasteiger partial charge on any atom is -0.493 e. The predicted molar refractivity (Wildman–Crippen MR) is 103 cm³/mol. The second-order valence-corrected chi connectivity index (χ2v) is 6.82. The van der Waals surface area contributed by atoms with Crippen molar-refractivity contribution in [3.63, 3.8) is 0 Å². The second kappa shape index (κ2) is 9.03. The van der Waals surface area contributed by atoms with Crippen LogP contribution in [0, 0.1) is 5.82 Å². The van der Waals surface area contributed by atoms with Crippen LogP contribution in [0.25, 0.3) is 0 Å². The zero-order valence-corrected chi connectivity index (χ0v) is 15.8. The van der Waals surface area contributed by atoms with Crippen molar-refractivity contribution >= 4 is 29.1 Å². The number of hydrogen-bond donors (Lipinski definition) is 2. The Morgan fingerprint density at radius 1 is 1.25 bits per heavy atom. The second-order valence-electron chi connectivity index (χ2n) is 6.38. The number of nitrogens with zero attached hydrogens (tertiary/aromatic N) is 1. The normalized spacial score (nSPS) is 12.2. The van der Waals surface area contributed by atoms with Crippen molar-refractivity contribution in [3.8, 4) is 5.75 Å². The molecule has 0 saturated heterocycles. The van der Waals surface area contributed by atoms with Gasteiger partial charge in [0.25, 0.3) is 0 Å². The largest absolute Gasteiger partial charge is 0.493 e. The monoisotopic (exact) mass is 406 g/mol. The molecule has 0 radical (unpaired) electrons. The summed E-state index contributed by atoms with van der Waals surface area (Å²) in [6.07, 6.45) is 1.06. The van der Waals surface area contributed by atoms with Gasteiger partial charge in [-0.1, -0.05) is 11.6 Å². The fourth-order valence-corrected chi connectivity index (χ4v) is 3.26. The lowest BCUT2D eigenvalue weighted by atomic mass is 10.1. The van der Waals surface area contributed by atoms with Crippen molar-refractivity contribution in [3.05, 3.63) is 58.4 Å². The molecule has 6 nitrogen and oxygen atoms in total. The SMILES string of the molecule is O=C(NCc1cc(F)cc(Cl)c1)C(=O)N(CCCO)c1ccc2c(c1)CCO2. The van der Waals surface area contributed by atoms with Crippen LogP contribution >= 0.6 is 11.6 Å². The maximum Gasteiger partial charge on any atom is 0.316 e. The minimum absolute atomic E-state index is 0.0338. The van der Waals surface area contributed by atoms with Gasteiger partial charge in [0.1, 0.15) is 11.6 Å². The van der Waals surface area contributed by atoms with Gasteiger partial charge in [-0.25, -0.2) is 4.39 Å². The van der Waals surface area contributed by atoms with Gasteiger partial charge in [0.15, 0.2) is 0 Å². The van der Waals surface area contributed by atoms with E-state index < -0.39 is 17.6 Å². The Balaban J connectivity index is 1.72. The molecule has 0 spiro atoms. The topological polar surface area (TPSA) is 78.9 Å². The molecule has 1 heterocycles. The Hall–Kier alpha value is -2.64. The van der Waals surface area contributed by atoms with Crippen molar-refractivity contribution < 1.29 is 23.8 Å². The predicted octanol–water partition coefficient (Wildman–Crippen LogP) is 2.45. The van der Waals surface area contributed by atoms with Gasteiger partial charge >= 0.3 is 11.8 Å². The average Bonchev–Trinajstić information content (AvgIpc) is 3.13. The third-order valence-electron chi connectivity index (χ3n) is 4.34. The van der Waals surface area contributed by atoms with Crippen LogP contribution < -0.4 is 15.0 Å². The molecule has 0 unspecified atom stereocenters. The van der Waals surface area contributed by atoms with Gasteiger partial charge in [-0.3, -0.25) is 9.59 Å². The molecule has 28 heavy (non-hydrogen) atoms. The van der Waals surface area contributed by atoms with Crippen molar-refractivity contribution in [2.45, 2.75) is 19.4 Å². The summed E-state index contributed by atoms with van der Waals surface area (Å²) in [5.74, 6) is -1.33. The molecule has 3 rings (SSSR count). The van der Waals surface area contributed by atoms with Crippen LogP contribution in [0.2, 0.25) is 5.02 Å². The molecule has 0 aromatic heterocycles. The van der Waals surface area contributed by atoms with E-state index in [2.05, 4.69) is 5.32 Å². The number of amides is 2. The number of carbonyl (C=O) groups excluding carboxylic acids is 2. The lowest BCUT2D eigenvalue weighted by Crippen LogP contribution is -2.43. The van der Waals surface area contributed by atoms with Crippen molar-refractivity contribution in [2.24, 2.45) is 0 Å². The molecule has 2 aromatic rings. The van der Waals surface area contributed by atoms with Crippen LogP contribution in [0.5, 0.6) is 5.75 Å². The highest BCUT2D eigenvalue weighted by atomic mass is 35.5. The molecular weight excluding hydrogens is 387 g/mol. The number of ether oxygens (including phenoxy) is 1. The van der Waals surface area contributed by atoms with E-state index in [1.165, 1.54) is 17.0 Å². The lowest BCUT2D eigenvalue weighted by molar-refractivity contribution is -0.137. The van der Waals surface area contributed by atoms with Crippen molar-refractivity contribution in [2.75, 3.05) is 24.7 Å². The minimum atomic E-state index is -0.824. The zero-order chi connectivity index (χ0) is 20.1. The Labute approximate surface area is 166 Å². The molecule has 0 saturated carbocycles. The summed E-state index contributed by atoms with van der Waals surface area (Å²) in [6.45, 7) is 0.628. The molecule has 8 heteroatoms. The number of benzene rings is 2. The number of aliphatic hydroxyl groups is 1. The Morgan fingerprint density at radius 3 is 2.82 bits per heavy atom. The smallest absolute Gasteiger partial charge is 0.316 e. The maximum absolute atomic E-state index is 13.4. The summed E-state index contributed by atoms with van der Waals surface area (Å²) in [5, 5.41) is 11.8. The number of halogens is 2. The Kier molecular flexibility index (Phi) is 6.49. The average molecular weight is 407 g/mol. The summed E-state index contributed by atoms with van der Waals surface area (Å²) in [7, 11) is 0. The standard InChI is InChI=1S/C20H20ClFN2O4/c21-15-8-13(9-16(22)11-15)12-23-19(26)20(27)24(5-1-6-25)17-2-3-18-14(10-17)4-7-28-18/h2-3,8-11,25H,1,4-7,12H2,(H,23,26). The highest BCUT2D eigenvalue weighted by molar-refractivity contribution is 6.40. The first kappa shape index (κ1) is 20.1. The fourth-order valence-electron chi connectivity index (χ4n) is 3.01. The van der Waals surface area contributed by atoms with E-state index >= 15 is 0 Å². The third kappa shape index (κ3) is 4.79. The molecule has 1 aliphatic rings. The molecule has 0 aliphatic carbocycles. The van der Waals surface area contributed by atoms with Crippen LogP contribution in [0.15, 0.2) is 36.4 Å². The zero-order valence-electron chi connectivity index (χ0n) is 15.1. The number of fused-ring (bicyclic) bond motifs is 1.